The van der Waals surface area contributed by atoms with Crippen LogP contribution in [-0.4, -0.2) is 43.0 Å². The third kappa shape index (κ3) is 5.60. The highest BCUT2D eigenvalue weighted by Gasteiger charge is 2.35. The van der Waals surface area contributed by atoms with Crippen LogP contribution < -0.4 is 20.8 Å². The fraction of sp³-hybridized carbons (Fsp3) is 0.231. The lowest BCUT2D eigenvalue weighted by atomic mass is 10.2. The predicted octanol–water partition coefficient (Wildman–Crippen LogP) is 1.83. The average molecular weight is 424 g/mol. The van der Waals surface area contributed by atoms with E-state index in [-0.39, 0.29) is 10.7 Å². The molecular formula is C13H13Cl3N6O2S. The second-order valence-corrected chi connectivity index (χ2v) is 7.38. The van der Waals surface area contributed by atoms with Crippen LogP contribution in [0.25, 0.3) is 0 Å². The van der Waals surface area contributed by atoms with E-state index in [1.54, 1.807) is 24.3 Å². The van der Waals surface area contributed by atoms with Crippen molar-refractivity contribution in [2.45, 2.75) is 9.96 Å². The van der Waals surface area contributed by atoms with E-state index >= 15 is 0 Å². The fourth-order valence-electron chi connectivity index (χ4n) is 1.78. The number of alkyl halides is 3. The topological polar surface area (TPSA) is 93.1 Å². The summed E-state index contributed by atoms with van der Waals surface area (Å²) in [5.74, 6) is -0.123. The minimum Gasteiger partial charge on any atom is -0.496 e. The lowest BCUT2D eigenvalue weighted by Gasteiger charge is -2.28. The number of carbonyl (C=O) groups is 1. The summed E-state index contributed by atoms with van der Waals surface area (Å²) in [7, 11) is 1.45. The smallest absolute Gasteiger partial charge is 0.256 e. The Labute approximate surface area is 163 Å². The molecule has 0 bridgehead atoms. The first-order valence-corrected chi connectivity index (χ1v) is 8.28. The van der Waals surface area contributed by atoms with Crippen molar-refractivity contribution < 1.29 is 9.53 Å². The number of hydrogen-bond acceptors (Lipinski definition) is 5. The monoisotopic (exact) mass is 422 g/mol. The standard InChI is InChI=1S/C13H13Cl3N6O2S/c1-24-9-5-3-2-4-8(9)10(23)19-11(13(14,15)16)20-12(25)21-22-6-17-18-7-22/h2-7,11H,1H3,(H,19,23)(H2,20,21,25)/t11-/m0/s1. The highest BCUT2D eigenvalue weighted by molar-refractivity contribution is 7.80. The number of hydrogen-bond donors (Lipinski definition) is 3. The molecule has 0 saturated carbocycles. The lowest BCUT2D eigenvalue weighted by molar-refractivity contribution is 0.0931. The van der Waals surface area contributed by atoms with Gasteiger partial charge in [-0.25, -0.2) is 4.68 Å². The van der Waals surface area contributed by atoms with Crippen molar-refractivity contribution in [3.05, 3.63) is 42.5 Å². The molecule has 0 saturated heterocycles. The molecule has 12 heteroatoms. The zero-order valence-electron chi connectivity index (χ0n) is 12.7. The number of carbonyl (C=O) groups excluding carboxylic acids is 1. The van der Waals surface area contributed by atoms with Gasteiger partial charge in [-0.3, -0.25) is 10.2 Å². The molecule has 0 aliphatic rings. The zero-order chi connectivity index (χ0) is 18.4. The summed E-state index contributed by atoms with van der Waals surface area (Å²) in [5.41, 5.74) is 3.00. The molecule has 2 aromatic rings. The van der Waals surface area contributed by atoms with Crippen molar-refractivity contribution in [3.63, 3.8) is 0 Å². The Balaban J connectivity index is 2.09. The van der Waals surface area contributed by atoms with Crippen LogP contribution in [0.3, 0.4) is 0 Å². The summed E-state index contributed by atoms with van der Waals surface area (Å²) in [6.07, 6.45) is 1.64. The van der Waals surface area contributed by atoms with E-state index in [2.05, 4.69) is 26.3 Å². The number of methoxy groups -OCH3 is 1. The van der Waals surface area contributed by atoms with Crippen LogP contribution in [-0.2, 0) is 0 Å². The van der Waals surface area contributed by atoms with Crippen LogP contribution in [0.5, 0.6) is 5.75 Å². The van der Waals surface area contributed by atoms with Crippen LogP contribution in [0.1, 0.15) is 10.4 Å². The Kier molecular flexibility index (Phi) is 6.65. The van der Waals surface area contributed by atoms with Gasteiger partial charge in [0.05, 0.1) is 12.7 Å². The second-order valence-electron chi connectivity index (χ2n) is 4.60. The summed E-state index contributed by atoms with van der Waals surface area (Å²) >= 11 is 22.9. The molecule has 0 unspecified atom stereocenters. The SMILES string of the molecule is COc1ccccc1C(=O)N[C@@H](NC(=S)Nn1cnnc1)C(Cl)(Cl)Cl. The first kappa shape index (κ1) is 19.5. The van der Waals surface area contributed by atoms with Gasteiger partial charge in [0.15, 0.2) is 5.11 Å². The summed E-state index contributed by atoms with van der Waals surface area (Å²) in [5, 5.41) is 12.6. The Morgan fingerprint density at radius 3 is 2.48 bits per heavy atom. The van der Waals surface area contributed by atoms with Gasteiger partial charge in [0.25, 0.3) is 5.91 Å². The minimum absolute atomic E-state index is 0.0800. The number of thiocarbonyl (C=S) groups is 1. The van der Waals surface area contributed by atoms with E-state index in [4.69, 9.17) is 51.8 Å². The van der Waals surface area contributed by atoms with E-state index in [1.807, 2.05) is 0 Å². The molecular weight excluding hydrogens is 411 g/mol. The van der Waals surface area contributed by atoms with Crippen molar-refractivity contribution in [2.75, 3.05) is 12.5 Å². The highest BCUT2D eigenvalue weighted by Crippen LogP contribution is 2.29. The van der Waals surface area contributed by atoms with Crippen molar-refractivity contribution in [1.29, 1.82) is 0 Å². The molecule has 0 aliphatic carbocycles. The van der Waals surface area contributed by atoms with Gasteiger partial charge < -0.3 is 15.4 Å². The fourth-order valence-corrected chi connectivity index (χ4v) is 2.33. The Hall–Kier alpha value is -1.81. The van der Waals surface area contributed by atoms with Gasteiger partial charge in [0, 0.05) is 0 Å². The number of para-hydroxylation sites is 1. The van der Waals surface area contributed by atoms with Crippen molar-refractivity contribution in [2.24, 2.45) is 0 Å². The summed E-state index contributed by atoms with van der Waals surface area (Å²) < 4.78 is 4.65. The molecule has 1 aromatic carbocycles. The quantitative estimate of drug-likeness (QED) is 0.384. The van der Waals surface area contributed by atoms with Crippen molar-refractivity contribution in [1.82, 2.24) is 25.5 Å². The number of nitrogens with one attached hydrogen (secondary N) is 3. The molecule has 1 heterocycles. The van der Waals surface area contributed by atoms with E-state index in [1.165, 1.54) is 24.4 Å². The molecule has 134 valence electrons. The summed E-state index contributed by atoms with van der Waals surface area (Å²) in [4.78, 5) is 12.5. The van der Waals surface area contributed by atoms with Gasteiger partial charge in [-0.2, -0.15) is 0 Å². The van der Waals surface area contributed by atoms with Crippen molar-refractivity contribution in [3.8, 4) is 5.75 Å². The summed E-state index contributed by atoms with van der Waals surface area (Å²) in [6.45, 7) is 0. The van der Waals surface area contributed by atoms with Gasteiger partial charge in [0.2, 0.25) is 3.79 Å². The molecule has 2 rings (SSSR count). The van der Waals surface area contributed by atoms with Crippen molar-refractivity contribution >= 4 is 58.0 Å². The Morgan fingerprint density at radius 2 is 1.88 bits per heavy atom. The minimum atomic E-state index is -1.88. The molecule has 0 fully saturated rings. The average Bonchev–Trinajstić information content (AvgIpc) is 3.06. The second kappa shape index (κ2) is 8.52. The van der Waals surface area contributed by atoms with E-state index in [0.29, 0.717) is 5.75 Å². The number of amides is 1. The summed E-state index contributed by atoms with van der Waals surface area (Å²) in [6, 6.07) is 6.65. The molecule has 0 spiro atoms. The maximum Gasteiger partial charge on any atom is 0.256 e. The largest absolute Gasteiger partial charge is 0.496 e. The van der Waals surface area contributed by atoms with Gasteiger partial charge in [0.1, 0.15) is 24.6 Å². The van der Waals surface area contributed by atoms with E-state index < -0.39 is 15.9 Å². The molecule has 1 aromatic heterocycles. The highest BCUT2D eigenvalue weighted by atomic mass is 35.6. The number of rotatable bonds is 5. The van der Waals surface area contributed by atoms with Gasteiger partial charge >= 0.3 is 0 Å². The molecule has 3 N–H and O–H groups in total. The van der Waals surface area contributed by atoms with Gasteiger partial charge in [-0.1, -0.05) is 46.9 Å². The maximum atomic E-state index is 12.5. The van der Waals surface area contributed by atoms with Gasteiger partial charge in [-0.05, 0) is 24.4 Å². The third-order valence-electron chi connectivity index (χ3n) is 2.88. The number of nitrogens with zero attached hydrogens (tertiary/aromatic N) is 3. The molecule has 1 atom stereocenters. The van der Waals surface area contributed by atoms with Gasteiger partial charge in [-0.15, -0.1) is 10.2 Å². The first-order valence-electron chi connectivity index (χ1n) is 6.74. The van der Waals surface area contributed by atoms with E-state index in [9.17, 15) is 4.79 Å². The Morgan fingerprint density at radius 1 is 1.24 bits per heavy atom. The number of benzene rings is 1. The lowest BCUT2D eigenvalue weighted by Crippen LogP contribution is -2.56. The molecule has 25 heavy (non-hydrogen) atoms. The Bertz CT molecular complexity index is 738. The molecule has 0 radical (unpaired) electrons. The van der Waals surface area contributed by atoms with Crippen LogP contribution in [0, 0.1) is 0 Å². The third-order valence-corrected chi connectivity index (χ3v) is 3.74. The normalized spacial score (nSPS) is 12.2. The number of ether oxygens (including phenoxy) is 1. The number of aromatic nitrogens is 3. The van der Waals surface area contributed by atoms with Crippen LogP contribution >= 0.6 is 47.0 Å². The van der Waals surface area contributed by atoms with Crippen LogP contribution in [0.2, 0.25) is 0 Å². The maximum absolute atomic E-state index is 12.5. The first-order chi connectivity index (χ1) is 11.8. The molecule has 1 amide bonds. The van der Waals surface area contributed by atoms with Crippen LogP contribution in [0.15, 0.2) is 36.9 Å². The predicted molar refractivity (Wildman–Crippen MR) is 99.7 cm³/mol. The zero-order valence-corrected chi connectivity index (χ0v) is 15.8. The molecule has 0 aliphatic heterocycles. The molecule has 8 nitrogen and oxygen atoms in total. The van der Waals surface area contributed by atoms with E-state index in [0.717, 1.165) is 0 Å². The van der Waals surface area contributed by atoms with Crippen LogP contribution in [0.4, 0.5) is 0 Å². The number of halogens is 3.